The molecular weight excluding hydrogens is 308 g/mol. The number of aliphatic hydroxyl groups excluding tert-OH is 5. The van der Waals surface area contributed by atoms with E-state index in [4.69, 9.17) is 14.2 Å². The van der Waals surface area contributed by atoms with Crippen molar-refractivity contribution < 1.29 is 39.7 Å². The summed E-state index contributed by atoms with van der Waals surface area (Å²) < 4.78 is 16.4. The molecule has 1 rings (SSSR count). The van der Waals surface area contributed by atoms with Crippen LogP contribution in [0.3, 0.4) is 0 Å². The van der Waals surface area contributed by atoms with Crippen LogP contribution >= 0.6 is 0 Å². The van der Waals surface area contributed by atoms with Crippen molar-refractivity contribution in [1.82, 2.24) is 0 Å². The van der Waals surface area contributed by atoms with Gasteiger partial charge >= 0.3 is 0 Å². The fraction of sp³-hybridized carbons (Fsp3) is 1.00. The molecule has 0 aromatic heterocycles. The summed E-state index contributed by atoms with van der Waals surface area (Å²) in [6.07, 6.45) is -6.51. The molecule has 0 saturated carbocycles. The van der Waals surface area contributed by atoms with Gasteiger partial charge in [-0.15, -0.1) is 0 Å². The van der Waals surface area contributed by atoms with E-state index >= 15 is 0 Å². The molecule has 0 radical (unpaired) electrons. The molecule has 8 unspecified atom stereocenters. The van der Waals surface area contributed by atoms with E-state index < -0.39 is 49.7 Å². The van der Waals surface area contributed by atoms with Crippen LogP contribution < -0.4 is 0 Å². The predicted octanol–water partition coefficient (Wildman–Crippen LogP) is -1.04. The van der Waals surface area contributed by atoms with Crippen molar-refractivity contribution in [3.63, 3.8) is 0 Å². The molecule has 8 nitrogen and oxygen atoms in total. The highest BCUT2D eigenvalue weighted by atomic mass is 16.7. The van der Waals surface area contributed by atoms with Gasteiger partial charge in [0.05, 0.1) is 19.3 Å². The molecule has 0 aliphatic carbocycles. The van der Waals surface area contributed by atoms with E-state index in [0.717, 1.165) is 6.42 Å². The summed E-state index contributed by atoms with van der Waals surface area (Å²) >= 11 is 0. The highest BCUT2D eigenvalue weighted by Gasteiger charge is 2.45. The zero-order valence-electron chi connectivity index (χ0n) is 13.9. The Labute approximate surface area is 136 Å². The molecule has 1 aliphatic heterocycles. The fourth-order valence-corrected chi connectivity index (χ4v) is 2.45. The summed E-state index contributed by atoms with van der Waals surface area (Å²) in [6.45, 7) is 5.09. The van der Waals surface area contributed by atoms with Gasteiger partial charge in [-0.3, -0.25) is 0 Å². The third-order valence-corrected chi connectivity index (χ3v) is 4.27. The molecule has 5 N–H and O–H groups in total. The Morgan fingerprint density at radius 2 is 1.70 bits per heavy atom. The van der Waals surface area contributed by atoms with E-state index in [1.54, 1.807) is 0 Å². The molecule has 1 heterocycles. The second-order valence-corrected chi connectivity index (χ2v) is 5.91. The Kier molecular flexibility index (Phi) is 8.88. The van der Waals surface area contributed by atoms with Gasteiger partial charge in [0.25, 0.3) is 0 Å². The summed E-state index contributed by atoms with van der Waals surface area (Å²) in [5.74, 6) is 0.117. The van der Waals surface area contributed by atoms with Crippen molar-refractivity contribution in [2.24, 2.45) is 5.92 Å². The van der Waals surface area contributed by atoms with Crippen LogP contribution in [0.5, 0.6) is 0 Å². The van der Waals surface area contributed by atoms with Crippen molar-refractivity contribution in [3.05, 3.63) is 0 Å². The fourth-order valence-electron chi connectivity index (χ4n) is 2.45. The average molecular weight is 338 g/mol. The smallest absolute Gasteiger partial charge is 0.184 e. The molecule has 0 aromatic carbocycles. The van der Waals surface area contributed by atoms with Gasteiger partial charge in [-0.1, -0.05) is 27.2 Å². The molecule has 23 heavy (non-hydrogen) atoms. The maximum atomic E-state index is 10.1. The van der Waals surface area contributed by atoms with E-state index in [1.807, 2.05) is 20.8 Å². The van der Waals surface area contributed by atoms with Crippen LogP contribution in [0.2, 0.25) is 0 Å². The highest BCUT2D eigenvalue weighted by molar-refractivity contribution is 4.90. The minimum atomic E-state index is -1.59. The molecule has 1 fully saturated rings. The molecule has 1 aliphatic rings. The van der Waals surface area contributed by atoms with Crippen LogP contribution in [-0.4, -0.2) is 81.8 Å². The molecule has 8 atom stereocenters. The van der Waals surface area contributed by atoms with Gasteiger partial charge in [0.1, 0.15) is 24.4 Å². The molecular formula is C15H30O8. The Morgan fingerprint density at radius 1 is 1.04 bits per heavy atom. The predicted molar refractivity (Wildman–Crippen MR) is 80.3 cm³/mol. The second-order valence-electron chi connectivity index (χ2n) is 5.91. The first-order valence-electron chi connectivity index (χ1n) is 8.11. The summed E-state index contributed by atoms with van der Waals surface area (Å²) in [5.41, 5.74) is 0. The lowest BCUT2D eigenvalue weighted by Crippen LogP contribution is -2.60. The Balaban J connectivity index is 2.75. The van der Waals surface area contributed by atoms with Crippen molar-refractivity contribution >= 4 is 0 Å². The van der Waals surface area contributed by atoms with Crippen molar-refractivity contribution in [2.75, 3.05) is 13.2 Å². The highest BCUT2D eigenvalue weighted by Crippen LogP contribution is 2.25. The summed E-state index contributed by atoms with van der Waals surface area (Å²) in [7, 11) is 0. The zero-order chi connectivity index (χ0) is 17.6. The van der Waals surface area contributed by atoms with E-state index in [-0.39, 0.29) is 12.5 Å². The molecule has 0 amide bonds. The molecule has 0 aromatic rings. The number of aliphatic hydroxyl groups is 5. The van der Waals surface area contributed by atoms with Crippen molar-refractivity contribution in [1.29, 1.82) is 0 Å². The minimum Gasteiger partial charge on any atom is -0.394 e. The molecule has 0 bridgehead atoms. The molecule has 138 valence electrons. The largest absolute Gasteiger partial charge is 0.394 e. The maximum Gasteiger partial charge on any atom is 0.184 e. The zero-order valence-corrected chi connectivity index (χ0v) is 13.9. The van der Waals surface area contributed by atoms with Gasteiger partial charge < -0.3 is 39.7 Å². The first kappa shape index (κ1) is 20.7. The lowest BCUT2D eigenvalue weighted by Gasteiger charge is -2.41. The van der Waals surface area contributed by atoms with E-state index in [0.29, 0.717) is 6.42 Å². The van der Waals surface area contributed by atoms with Gasteiger partial charge in [0.15, 0.2) is 12.6 Å². The van der Waals surface area contributed by atoms with Crippen LogP contribution in [0, 0.1) is 5.92 Å². The number of rotatable bonds is 9. The van der Waals surface area contributed by atoms with Crippen molar-refractivity contribution in [2.45, 2.75) is 76.7 Å². The summed E-state index contributed by atoms with van der Waals surface area (Å²) in [4.78, 5) is 0. The van der Waals surface area contributed by atoms with E-state index in [9.17, 15) is 25.5 Å². The third-order valence-electron chi connectivity index (χ3n) is 4.27. The van der Waals surface area contributed by atoms with E-state index in [2.05, 4.69) is 0 Å². The summed E-state index contributed by atoms with van der Waals surface area (Å²) in [5, 5.41) is 48.0. The average Bonchev–Trinajstić information content (AvgIpc) is 2.57. The van der Waals surface area contributed by atoms with Crippen LogP contribution in [0.15, 0.2) is 0 Å². The Bertz CT molecular complexity index is 327. The number of hydrogen-bond acceptors (Lipinski definition) is 8. The first-order valence-corrected chi connectivity index (χ1v) is 8.11. The normalized spacial score (nSPS) is 35.7. The van der Waals surface area contributed by atoms with Gasteiger partial charge in [-0.05, 0) is 12.3 Å². The first-order chi connectivity index (χ1) is 10.9. The Morgan fingerprint density at radius 3 is 2.17 bits per heavy atom. The lowest BCUT2D eigenvalue weighted by molar-refractivity contribution is -0.322. The standard InChI is InChI=1S/C15H30O8/c1-4-8(3)9(6-16)21-11(5-2)23-14-10(7-17)22-15(20)13(19)12(14)18/h8-20H,4-7H2,1-3H3. The quantitative estimate of drug-likeness (QED) is 0.337. The van der Waals surface area contributed by atoms with Crippen LogP contribution in [0.25, 0.3) is 0 Å². The molecule has 1 saturated heterocycles. The molecule has 0 spiro atoms. The van der Waals surface area contributed by atoms with Gasteiger partial charge in [-0.2, -0.15) is 0 Å². The summed E-state index contributed by atoms with van der Waals surface area (Å²) in [6, 6.07) is 0. The van der Waals surface area contributed by atoms with Gasteiger partial charge in [0.2, 0.25) is 0 Å². The van der Waals surface area contributed by atoms with Crippen LogP contribution in [0.1, 0.15) is 33.6 Å². The van der Waals surface area contributed by atoms with Gasteiger partial charge in [-0.25, -0.2) is 0 Å². The third kappa shape index (κ3) is 5.33. The van der Waals surface area contributed by atoms with Crippen molar-refractivity contribution in [3.8, 4) is 0 Å². The minimum absolute atomic E-state index is 0.117. The van der Waals surface area contributed by atoms with E-state index in [1.165, 1.54) is 0 Å². The van der Waals surface area contributed by atoms with Crippen LogP contribution in [-0.2, 0) is 14.2 Å². The monoisotopic (exact) mass is 338 g/mol. The Hall–Kier alpha value is -0.320. The lowest BCUT2D eigenvalue weighted by atomic mass is 9.99. The number of ether oxygens (including phenoxy) is 3. The topological polar surface area (TPSA) is 129 Å². The van der Waals surface area contributed by atoms with Gasteiger partial charge in [0, 0.05) is 0 Å². The molecule has 8 heteroatoms. The maximum absolute atomic E-state index is 10.1. The number of hydrogen-bond donors (Lipinski definition) is 5. The van der Waals surface area contributed by atoms with Crippen LogP contribution in [0.4, 0.5) is 0 Å². The SMILES string of the molecule is CCC(OC(CO)C(C)CC)OC1C(CO)OC(O)C(O)C1O. The second kappa shape index (κ2) is 9.85.